The first-order valence-corrected chi connectivity index (χ1v) is 8.18. The molecule has 3 aromatic rings. The number of aromatic nitrogens is 4. The highest BCUT2D eigenvalue weighted by Crippen LogP contribution is 2.25. The number of hydrogen-bond acceptors (Lipinski definition) is 8. The summed E-state index contributed by atoms with van der Waals surface area (Å²) in [6, 6.07) is 6.00. The fraction of sp³-hybridized carbons (Fsp3) is 0.294. The standard InChI is InChI=1S/C17H19N7O/c18-23-17-21-14-9-13(8-12-2-1-3-19-10-12)11-20-15(14)16(22-17)24-4-6-25-7-5-24/h1-3,9-11H,4-8,18H2,(H,21,22,23). The lowest BCUT2D eigenvalue weighted by Crippen LogP contribution is -2.37. The van der Waals surface area contributed by atoms with E-state index in [9.17, 15) is 0 Å². The monoisotopic (exact) mass is 337 g/mol. The number of hydrazine groups is 1. The van der Waals surface area contributed by atoms with Gasteiger partial charge in [0.1, 0.15) is 5.52 Å². The Morgan fingerprint density at radius 1 is 1.16 bits per heavy atom. The van der Waals surface area contributed by atoms with Crippen LogP contribution in [0.3, 0.4) is 0 Å². The van der Waals surface area contributed by atoms with Crippen molar-refractivity contribution in [3.8, 4) is 0 Å². The molecule has 8 nitrogen and oxygen atoms in total. The minimum Gasteiger partial charge on any atom is -0.378 e. The van der Waals surface area contributed by atoms with Gasteiger partial charge in [-0.1, -0.05) is 6.07 Å². The van der Waals surface area contributed by atoms with Crippen molar-refractivity contribution < 1.29 is 4.74 Å². The first-order chi connectivity index (χ1) is 12.3. The predicted octanol–water partition coefficient (Wildman–Crippen LogP) is 1.13. The number of rotatable bonds is 4. The van der Waals surface area contributed by atoms with Gasteiger partial charge in [0.05, 0.1) is 18.7 Å². The summed E-state index contributed by atoms with van der Waals surface area (Å²) in [6.45, 7) is 2.90. The van der Waals surface area contributed by atoms with Crippen LogP contribution in [0.2, 0.25) is 0 Å². The fourth-order valence-corrected chi connectivity index (χ4v) is 2.94. The zero-order valence-electron chi connectivity index (χ0n) is 13.7. The molecule has 0 spiro atoms. The van der Waals surface area contributed by atoms with Gasteiger partial charge >= 0.3 is 0 Å². The van der Waals surface area contributed by atoms with Crippen molar-refractivity contribution in [1.82, 2.24) is 19.9 Å². The van der Waals surface area contributed by atoms with Crippen LogP contribution < -0.4 is 16.2 Å². The largest absolute Gasteiger partial charge is 0.378 e. The summed E-state index contributed by atoms with van der Waals surface area (Å²) in [5.41, 5.74) is 6.29. The highest BCUT2D eigenvalue weighted by Gasteiger charge is 2.18. The molecule has 3 aromatic heterocycles. The minimum atomic E-state index is 0.384. The molecule has 8 heteroatoms. The third-order valence-corrected chi connectivity index (χ3v) is 4.14. The maximum absolute atomic E-state index is 5.55. The van der Waals surface area contributed by atoms with E-state index in [2.05, 4.69) is 30.3 Å². The van der Waals surface area contributed by atoms with Crippen molar-refractivity contribution in [3.63, 3.8) is 0 Å². The Hall–Kier alpha value is -2.84. The fourth-order valence-electron chi connectivity index (χ4n) is 2.94. The summed E-state index contributed by atoms with van der Waals surface area (Å²) >= 11 is 0. The van der Waals surface area contributed by atoms with E-state index in [1.165, 1.54) is 0 Å². The summed E-state index contributed by atoms with van der Waals surface area (Å²) in [6.07, 6.45) is 6.25. The Morgan fingerprint density at radius 3 is 2.80 bits per heavy atom. The molecular formula is C17H19N7O. The molecule has 25 heavy (non-hydrogen) atoms. The van der Waals surface area contributed by atoms with Crippen LogP contribution in [0.4, 0.5) is 11.8 Å². The maximum Gasteiger partial charge on any atom is 0.239 e. The molecule has 0 aliphatic carbocycles. The van der Waals surface area contributed by atoms with Crippen LogP contribution >= 0.6 is 0 Å². The average Bonchev–Trinajstić information content (AvgIpc) is 2.68. The number of nitrogens with two attached hydrogens (primary N) is 1. The molecule has 0 aromatic carbocycles. The molecule has 0 atom stereocenters. The third-order valence-electron chi connectivity index (χ3n) is 4.14. The molecule has 4 rings (SSSR count). The number of nitrogens with one attached hydrogen (secondary N) is 1. The zero-order valence-corrected chi connectivity index (χ0v) is 13.7. The molecular weight excluding hydrogens is 318 g/mol. The Morgan fingerprint density at radius 2 is 2.04 bits per heavy atom. The lowest BCUT2D eigenvalue weighted by Gasteiger charge is -2.28. The van der Waals surface area contributed by atoms with Crippen LogP contribution in [-0.2, 0) is 11.2 Å². The summed E-state index contributed by atoms with van der Waals surface area (Å²) in [7, 11) is 0. The smallest absolute Gasteiger partial charge is 0.239 e. The van der Waals surface area contributed by atoms with Gasteiger partial charge in [0, 0.05) is 38.1 Å². The lowest BCUT2D eigenvalue weighted by molar-refractivity contribution is 0.122. The number of nitrogen functional groups attached to an aromatic ring is 1. The van der Waals surface area contributed by atoms with Crippen molar-refractivity contribution in [2.24, 2.45) is 5.84 Å². The van der Waals surface area contributed by atoms with Crippen LogP contribution in [0.15, 0.2) is 36.8 Å². The van der Waals surface area contributed by atoms with Gasteiger partial charge in [-0.2, -0.15) is 4.98 Å². The Balaban J connectivity index is 1.73. The Bertz CT molecular complexity index is 866. The highest BCUT2D eigenvalue weighted by molar-refractivity contribution is 5.87. The van der Waals surface area contributed by atoms with Crippen molar-refractivity contribution in [3.05, 3.63) is 47.9 Å². The van der Waals surface area contributed by atoms with Crippen LogP contribution in [0.5, 0.6) is 0 Å². The first-order valence-electron chi connectivity index (χ1n) is 8.18. The lowest BCUT2D eigenvalue weighted by atomic mass is 10.1. The summed E-state index contributed by atoms with van der Waals surface area (Å²) in [5.74, 6) is 6.72. The second-order valence-corrected chi connectivity index (χ2v) is 5.86. The molecule has 0 bridgehead atoms. The van der Waals surface area contributed by atoms with Gasteiger partial charge in [-0.25, -0.2) is 10.8 Å². The van der Waals surface area contributed by atoms with E-state index in [0.717, 1.165) is 47.5 Å². The van der Waals surface area contributed by atoms with Crippen LogP contribution in [0.1, 0.15) is 11.1 Å². The van der Waals surface area contributed by atoms with E-state index >= 15 is 0 Å². The van der Waals surface area contributed by atoms with Gasteiger partial charge in [-0.3, -0.25) is 15.4 Å². The van der Waals surface area contributed by atoms with Crippen molar-refractivity contribution >= 4 is 22.8 Å². The van der Waals surface area contributed by atoms with Crippen molar-refractivity contribution in [2.75, 3.05) is 36.6 Å². The molecule has 1 fully saturated rings. The molecule has 1 saturated heterocycles. The van der Waals surface area contributed by atoms with Gasteiger partial charge in [0.15, 0.2) is 5.82 Å². The summed E-state index contributed by atoms with van der Waals surface area (Å²) < 4.78 is 5.42. The van der Waals surface area contributed by atoms with Gasteiger partial charge in [0.2, 0.25) is 5.95 Å². The number of hydrogen-bond donors (Lipinski definition) is 2. The molecule has 0 amide bonds. The summed E-state index contributed by atoms with van der Waals surface area (Å²) in [4.78, 5) is 19.9. The molecule has 4 heterocycles. The second kappa shape index (κ2) is 6.96. The van der Waals surface area contributed by atoms with Crippen LogP contribution in [-0.4, -0.2) is 46.2 Å². The van der Waals surface area contributed by atoms with E-state index < -0.39 is 0 Å². The average molecular weight is 337 g/mol. The molecule has 128 valence electrons. The summed E-state index contributed by atoms with van der Waals surface area (Å²) in [5, 5.41) is 0. The quantitative estimate of drug-likeness (QED) is 0.540. The molecule has 0 saturated carbocycles. The number of pyridine rings is 2. The first kappa shape index (κ1) is 15.7. The number of nitrogens with zero attached hydrogens (tertiary/aromatic N) is 5. The number of morpholine rings is 1. The van der Waals surface area contributed by atoms with Gasteiger partial charge in [-0.05, 0) is 23.3 Å². The maximum atomic E-state index is 5.55. The van der Waals surface area contributed by atoms with Gasteiger partial charge in [0.25, 0.3) is 0 Å². The Labute approximate surface area is 145 Å². The van der Waals surface area contributed by atoms with E-state index in [1.807, 2.05) is 30.6 Å². The second-order valence-electron chi connectivity index (χ2n) is 5.86. The molecule has 0 unspecified atom stereocenters. The molecule has 1 aliphatic heterocycles. The predicted molar refractivity (Wildman–Crippen MR) is 95.2 cm³/mol. The zero-order chi connectivity index (χ0) is 17.1. The molecule has 1 aliphatic rings. The van der Waals surface area contributed by atoms with Crippen LogP contribution in [0, 0.1) is 0 Å². The number of ether oxygens (including phenoxy) is 1. The van der Waals surface area contributed by atoms with Crippen LogP contribution in [0.25, 0.3) is 11.0 Å². The van der Waals surface area contributed by atoms with Gasteiger partial charge < -0.3 is 9.64 Å². The number of anilines is 2. The minimum absolute atomic E-state index is 0.384. The topological polar surface area (TPSA) is 102 Å². The Kier molecular flexibility index (Phi) is 4.36. The SMILES string of the molecule is NNc1nc(N2CCOCC2)c2ncc(Cc3cccnc3)cc2n1. The van der Waals surface area contributed by atoms with Gasteiger partial charge in [-0.15, -0.1) is 0 Å². The van der Waals surface area contributed by atoms with E-state index in [0.29, 0.717) is 19.2 Å². The third kappa shape index (κ3) is 3.35. The molecule has 3 N–H and O–H groups in total. The number of fused-ring (bicyclic) bond motifs is 1. The molecule has 0 radical (unpaired) electrons. The van der Waals surface area contributed by atoms with E-state index in [-0.39, 0.29) is 0 Å². The van der Waals surface area contributed by atoms with E-state index in [1.54, 1.807) is 6.20 Å². The van der Waals surface area contributed by atoms with Crippen molar-refractivity contribution in [2.45, 2.75) is 6.42 Å². The van der Waals surface area contributed by atoms with Crippen molar-refractivity contribution in [1.29, 1.82) is 0 Å². The highest BCUT2D eigenvalue weighted by atomic mass is 16.5. The normalized spacial score (nSPS) is 14.7. The van der Waals surface area contributed by atoms with E-state index in [4.69, 9.17) is 10.6 Å².